The Balaban J connectivity index is 0. The molecule has 0 heterocycles. The van der Waals surface area contributed by atoms with Crippen molar-refractivity contribution in [1.82, 2.24) is 0 Å². The summed E-state index contributed by atoms with van der Waals surface area (Å²) in [6.07, 6.45) is 0.130. The van der Waals surface area contributed by atoms with E-state index in [1.54, 1.807) is 0 Å². The molecule has 0 aromatic heterocycles. The van der Waals surface area contributed by atoms with Crippen molar-refractivity contribution in [2.24, 2.45) is 5.92 Å². The van der Waals surface area contributed by atoms with Gasteiger partial charge in [0.05, 0.1) is 0 Å². The van der Waals surface area contributed by atoms with Crippen LogP contribution < -0.4 is 0 Å². The Morgan fingerprint density at radius 2 is 1.44 bits per heavy atom. The van der Waals surface area contributed by atoms with Gasteiger partial charge >= 0.3 is 28.4 Å². The monoisotopic (exact) mass is 276 g/mol. The van der Waals surface area contributed by atoms with Crippen molar-refractivity contribution in [2.45, 2.75) is 13.3 Å². The van der Waals surface area contributed by atoms with E-state index in [0.29, 0.717) is 0 Å². The molecule has 0 saturated carbocycles. The highest BCUT2D eigenvalue weighted by atomic mass is 31.2. The van der Waals surface area contributed by atoms with Gasteiger partial charge in [0.2, 0.25) is 0 Å². The lowest BCUT2D eigenvalue weighted by Crippen LogP contribution is -2.21. The molecule has 0 aromatic rings. The van der Waals surface area contributed by atoms with Crippen molar-refractivity contribution < 1.29 is 43.0 Å². The minimum absolute atomic E-state index is 0.130. The highest BCUT2D eigenvalue weighted by Gasteiger charge is 2.31. The standard InChI is InChI=1S/C5H8O4.O5P2/c1-2-3(4(6)7)5(8)9;1-6(2)5-7(3)4/h3H,2H2,1H3,(H,6,7)(H,8,9);/p+2. The molecule has 0 radical (unpaired) electrons. The molecule has 0 amide bonds. The van der Waals surface area contributed by atoms with Crippen LogP contribution in [-0.4, -0.2) is 31.9 Å². The lowest BCUT2D eigenvalue weighted by Gasteiger charge is -2.00. The van der Waals surface area contributed by atoms with E-state index in [9.17, 15) is 18.7 Å². The van der Waals surface area contributed by atoms with Gasteiger partial charge in [-0.25, -0.2) is 0 Å². The van der Waals surface area contributed by atoms with Crippen LogP contribution in [0.3, 0.4) is 0 Å². The fraction of sp³-hybridized carbons (Fsp3) is 0.600. The Morgan fingerprint density at radius 1 is 1.12 bits per heavy atom. The predicted molar refractivity (Wildman–Crippen MR) is 49.8 cm³/mol. The summed E-state index contributed by atoms with van der Waals surface area (Å²) in [7, 11) is -5.85. The maximum Gasteiger partial charge on any atom is 0.745 e. The van der Waals surface area contributed by atoms with Crippen molar-refractivity contribution in [3.63, 3.8) is 0 Å². The summed E-state index contributed by atoms with van der Waals surface area (Å²) < 4.78 is 22.2. The van der Waals surface area contributed by atoms with Gasteiger partial charge in [-0.05, 0) is 6.42 Å². The fourth-order valence-electron chi connectivity index (χ4n) is 0.515. The van der Waals surface area contributed by atoms with Gasteiger partial charge < -0.3 is 10.2 Å². The summed E-state index contributed by atoms with van der Waals surface area (Å²) in [6, 6.07) is 0. The Labute approximate surface area is 91.6 Å². The molecular weight excluding hydrogens is 266 g/mol. The summed E-state index contributed by atoms with van der Waals surface area (Å²) >= 11 is 0. The van der Waals surface area contributed by atoms with Crippen LogP contribution in [0.25, 0.3) is 0 Å². The Bertz CT molecular complexity index is 262. The third kappa shape index (κ3) is 11.1. The van der Waals surface area contributed by atoms with Gasteiger partial charge in [0.15, 0.2) is 10.2 Å². The number of hydrogen-bond donors (Lipinski definition) is 4. The first-order valence-corrected chi connectivity index (χ1v) is 5.94. The molecule has 2 atom stereocenters. The molecule has 0 aromatic carbocycles. The van der Waals surface area contributed by atoms with Crippen LogP contribution in [0.1, 0.15) is 13.3 Å². The molecule has 0 fully saturated rings. The third-order valence-electron chi connectivity index (χ3n) is 1.14. The zero-order valence-electron chi connectivity index (χ0n) is 8.01. The molecule has 0 aliphatic heterocycles. The van der Waals surface area contributed by atoms with E-state index >= 15 is 0 Å². The molecule has 0 spiro atoms. The summed E-state index contributed by atoms with van der Waals surface area (Å²) in [4.78, 5) is 35.3. The second-order valence-electron chi connectivity index (χ2n) is 2.19. The summed E-state index contributed by atoms with van der Waals surface area (Å²) in [6.45, 7) is 1.52. The van der Waals surface area contributed by atoms with Gasteiger partial charge in [0.25, 0.3) is 0 Å². The first kappa shape index (κ1) is 17.4. The molecule has 0 bridgehead atoms. The maximum absolute atomic E-state index is 9.99. The van der Waals surface area contributed by atoms with Gasteiger partial charge in [-0.1, -0.05) is 6.92 Å². The lowest BCUT2D eigenvalue weighted by atomic mass is 10.1. The van der Waals surface area contributed by atoms with Gasteiger partial charge in [0.1, 0.15) is 0 Å². The number of rotatable bonds is 5. The normalized spacial score (nSPS) is 11.2. The second kappa shape index (κ2) is 9.26. The number of aliphatic carboxylic acids is 2. The minimum atomic E-state index is -2.92. The molecule has 0 rings (SSSR count). The SMILES string of the molecule is CCC(C(=O)O)C(=O)O.O=[P+](O)O[P+](=O)O. The largest absolute Gasteiger partial charge is 0.745 e. The summed E-state index contributed by atoms with van der Waals surface area (Å²) in [5.41, 5.74) is 0. The Kier molecular flexibility index (Phi) is 10.1. The van der Waals surface area contributed by atoms with Crippen molar-refractivity contribution in [2.75, 3.05) is 0 Å². The number of carboxylic acid groups (broad SMARTS) is 2. The van der Waals surface area contributed by atoms with Gasteiger partial charge in [-0.3, -0.25) is 9.59 Å². The van der Waals surface area contributed by atoms with Crippen molar-refractivity contribution in [1.29, 1.82) is 0 Å². The van der Waals surface area contributed by atoms with Crippen LogP contribution in [0.5, 0.6) is 0 Å². The maximum atomic E-state index is 9.99. The zero-order valence-corrected chi connectivity index (χ0v) is 9.80. The zero-order chi connectivity index (χ0) is 13.3. The van der Waals surface area contributed by atoms with E-state index in [0.717, 1.165) is 0 Å². The first-order valence-electron chi connectivity index (χ1n) is 3.68. The van der Waals surface area contributed by atoms with Crippen molar-refractivity contribution >= 4 is 28.4 Å². The average molecular weight is 276 g/mol. The second-order valence-corrected chi connectivity index (χ2v) is 3.80. The summed E-state index contributed by atoms with van der Waals surface area (Å²) in [5.74, 6) is -3.79. The van der Waals surface area contributed by atoms with E-state index in [-0.39, 0.29) is 6.42 Å². The highest BCUT2D eigenvalue weighted by molar-refractivity contribution is 7.46. The van der Waals surface area contributed by atoms with Crippen LogP contribution >= 0.6 is 16.5 Å². The van der Waals surface area contributed by atoms with Crippen molar-refractivity contribution in [3.8, 4) is 0 Å². The molecule has 4 N–H and O–H groups in total. The average Bonchev–Trinajstić information content (AvgIpc) is 2.01. The molecule has 9 nitrogen and oxygen atoms in total. The van der Waals surface area contributed by atoms with Gasteiger partial charge in [-0.15, -0.1) is 9.79 Å². The van der Waals surface area contributed by atoms with E-state index in [4.69, 9.17) is 20.0 Å². The fourth-order valence-corrected chi connectivity index (χ4v) is 0.993. The minimum Gasteiger partial charge on any atom is -0.481 e. The van der Waals surface area contributed by atoms with E-state index in [1.807, 2.05) is 0 Å². The van der Waals surface area contributed by atoms with Crippen molar-refractivity contribution in [3.05, 3.63) is 0 Å². The predicted octanol–water partition coefficient (Wildman–Crippen LogP) is 0.484. The molecule has 16 heavy (non-hydrogen) atoms. The van der Waals surface area contributed by atoms with Crippen LogP contribution in [0.4, 0.5) is 0 Å². The van der Waals surface area contributed by atoms with E-state index < -0.39 is 34.4 Å². The Morgan fingerprint density at radius 3 is 1.44 bits per heavy atom. The highest BCUT2D eigenvalue weighted by Crippen LogP contribution is 2.30. The quantitative estimate of drug-likeness (QED) is 0.413. The molecular formula is C5H10O9P2+2. The van der Waals surface area contributed by atoms with Gasteiger partial charge in [-0.2, -0.15) is 0 Å². The first-order chi connectivity index (χ1) is 7.22. The molecule has 0 saturated heterocycles. The third-order valence-corrected chi connectivity index (χ3v) is 2.26. The smallest absolute Gasteiger partial charge is 0.481 e. The lowest BCUT2D eigenvalue weighted by molar-refractivity contribution is -0.154. The molecule has 0 aliphatic carbocycles. The topological polar surface area (TPSA) is 158 Å². The molecule has 11 heteroatoms. The van der Waals surface area contributed by atoms with Crippen LogP contribution in [0, 0.1) is 5.92 Å². The molecule has 2 unspecified atom stereocenters. The summed E-state index contributed by atoms with van der Waals surface area (Å²) in [5, 5.41) is 16.3. The Hall–Kier alpha value is -0.980. The number of carboxylic acids is 2. The van der Waals surface area contributed by atoms with Crippen LogP contribution in [-0.2, 0) is 23.0 Å². The number of hydrogen-bond acceptors (Lipinski definition) is 5. The van der Waals surface area contributed by atoms with E-state index in [2.05, 4.69) is 4.31 Å². The number of carbonyl (C=O) groups is 2. The van der Waals surface area contributed by atoms with Crippen LogP contribution in [0.2, 0.25) is 0 Å². The van der Waals surface area contributed by atoms with Gasteiger partial charge in [0, 0.05) is 9.13 Å². The van der Waals surface area contributed by atoms with Crippen LogP contribution in [0.15, 0.2) is 0 Å². The van der Waals surface area contributed by atoms with E-state index in [1.165, 1.54) is 6.92 Å². The molecule has 92 valence electrons. The molecule has 0 aliphatic rings.